The van der Waals surface area contributed by atoms with E-state index in [1.165, 1.54) is 0 Å². The first-order valence-electron chi connectivity index (χ1n) is 6.76. The Morgan fingerprint density at radius 3 is 2.35 bits per heavy atom. The molecule has 0 saturated carbocycles. The summed E-state index contributed by atoms with van der Waals surface area (Å²) < 4.78 is 38.7. The standard InChI is InChI=1S/C13H21F3N4/c1-5-7-20(9(3)4)11-8-10(13(14,15)16)18-12(19-11)17-6-2/h8-9H,5-7H2,1-4H3,(H,17,18,19). The van der Waals surface area contributed by atoms with Crippen molar-refractivity contribution >= 4 is 11.8 Å². The largest absolute Gasteiger partial charge is 0.433 e. The van der Waals surface area contributed by atoms with Crippen molar-refractivity contribution in [3.63, 3.8) is 0 Å². The number of nitrogens with zero attached hydrogens (tertiary/aromatic N) is 3. The topological polar surface area (TPSA) is 41.1 Å². The van der Waals surface area contributed by atoms with Crippen LogP contribution < -0.4 is 10.2 Å². The summed E-state index contributed by atoms with van der Waals surface area (Å²) in [5, 5.41) is 2.75. The van der Waals surface area contributed by atoms with E-state index in [2.05, 4.69) is 15.3 Å². The molecule has 0 aliphatic rings. The van der Waals surface area contributed by atoms with Crippen molar-refractivity contribution in [2.75, 3.05) is 23.3 Å². The lowest BCUT2D eigenvalue weighted by Crippen LogP contribution is -2.33. The Labute approximate surface area is 117 Å². The number of hydrogen-bond donors (Lipinski definition) is 1. The van der Waals surface area contributed by atoms with Crippen LogP contribution in [-0.2, 0) is 6.18 Å². The lowest BCUT2D eigenvalue weighted by Gasteiger charge is -2.28. The molecule has 0 saturated heterocycles. The van der Waals surface area contributed by atoms with Gasteiger partial charge in [-0.1, -0.05) is 6.92 Å². The maximum atomic E-state index is 12.9. The predicted octanol–water partition coefficient (Wildman–Crippen LogP) is 3.55. The highest BCUT2D eigenvalue weighted by atomic mass is 19.4. The maximum Gasteiger partial charge on any atom is 0.433 e. The summed E-state index contributed by atoms with van der Waals surface area (Å²) in [6.45, 7) is 8.74. The average molecular weight is 290 g/mol. The van der Waals surface area contributed by atoms with Crippen LogP contribution in [0.5, 0.6) is 0 Å². The fraction of sp³-hybridized carbons (Fsp3) is 0.692. The van der Waals surface area contributed by atoms with E-state index in [0.717, 1.165) is 12.5 Å². The van der Waals surface area contributed by atoms with Gasteiger partial charge in [-0.05, 0) is 27.2 Å². The molecule has 4 nitrogen and oxygen atoms in total. The summed E-state index contributed by atoms with van der Waals surface area (Å²) >= 11 is 0. The zero-order chi connectivity index (χ0) is 15.3. The summed E-state index contributed by atoms with van der Waals surface area (Å²) in [5.74, 6) is 0.319. The second-order valence-corrected chi connectivity index (χ2v) is 4.75. The number of rotatable bonds is 6. The predicted molar refractivity (Wildman–Crippen MR) is 74.0 cm³/mol. The quantitative estimate of drug-likeness (QED) is 0.870. The van der Waals surface area contributed by atoms with Crippen LogP contribution in [0.15, 0.2) is 6.07 Å². The molecular weight excluding hydrogens is 269 g/mol. The Hall–Kier alpha value is -1.53. The minimum Gasteiger partial charge on any atom is -0.354 e. The molecule has 1 N–H and O–H groups in total. The van der Waals surface area contributed by atoms with Gasteiger partial charge in [0.2, 0.25) is 5.95 Å². The molecule has 1 heterocycles. The van der Waals surface area contributed by atoms with Crippen LogP contribution in [0, 0.1) is 0 Å². The van der Waals surface area contributed by atoms with Crippen LogP contribution in [0.1, 0.15) is 39.8 Å². The SMILES string of the molecule is CCCN(c1cc(C(F)(F)F)nc(NCC)n1)C(C)C. The Balaban J connectivity index is 3.26. The molecule has 0 unspecified atom stereocenters. The molecule has 0 spiro atoms. The normalized spacial score (nSPS) is 11.8. The van der Waals surface area contributed by atoms with Crippen molar-refractivity contribution < 1.29 is 13.2 Å². The lowest BCUT2D eigenvalue weighted by molar-refractivity contribution is -0.141. The van der Waals surface area contributed by atoms with Gasteiger partial charge in [0.05, 0.1) is 0 Å². The first-order chi connectivity index (χ1) is 9.29. The number of aromatic nitrogens is 2. The number of halogens is 3. The third-order valence-corrected chi connectivity index (χ3v) is 2.72. The van der Waals surface area contributed by atoms with E-state index in [1.54, 1.807) is 6.92 Å². The summed E-state index contributed by atoms with van der Waals surface area (Å²) in [4.78, 5) is 9.55. The summed E-state index contributed by atoms with van der Waals surface area (Å²) in [5.41, 5.74) is -0.916. The minimum atomic E-state index is -4.48. The van der Waals surface area contributed by atoms with Gasteiger partial charge in [-0.25, -0.2) is 4.98 Å². The van der Waals surface area contributed by atoms with Crippen LogP contribution in [-0.4, -0.2) is 29.1 Å². The highest BCUT2D eigenvalue weighted by Gasteiger charge is 2.34. The zero-order valence-electron chi connectivity index (χ0n) is 12.3. The smallest absolute Gasteiger partial charge is 0.354 e. The first-order valence-corrected chi connectivity index (χ1v) is 6.76. The molecule has 1 aromatic rings. The van der Waals surface area contributed by atoms with E-state index in [1.807, 2.05) is 25.7 Å². The van der Waals surface area contributed by atoms with Crippen molar-refractivity contribution in [1.29, 1.82) is 0 Å². The van der Waals surface area contributed by atoms with Crippen molar-refractivity contribution in [1.82, 2.24) is 9.97 Å². The van der Waals surface area contributed by atoms with Gasteiger partial charge in [0, 0.05) is 25.2 Å². The van der Waals surface area contributed by atoms with Crippen LogP contribution in [0.2, 0.25) is 0 Å². The fourth-order valence-corrected chi connectivity index (χ4v) is 1.84. The van der Waals surface area contributed by atoms with Gasteiger partial charge >= 0.3 is 6.18 Å². The third-order valence-electron chi connectivity index (χ3n) is 2.72. The van der Waals surface area contributed by atoms with E-state index in [4.69, 9.17) is 0 Å². The molecule has 20 heavy (non-hydrogen) atoms. The minimum absolute atomic E-state index is 0.0130. The van der Waals surface area contributed by atoms with E-state index in [9.17, 15) is 13.2 Å². The van der Waals surface area contributed by atoms with Gasteiger partial charge in [0.15, 0.2) is 5.69 Å². The molecule has 1 rings (SSSR count). The highest BCUT2D eigenvalue weighted by Crippen LogP contribution is 2.31. The Morgan fingerprint density at radius 1 is 1.25 bits per heavy atom. The molecule has 0 fully saturated rings. The highest BCUT2D eigenvalue weighted by molar-refractivity contribution is 5.46. The molecule has 1 aromatic heterocycles. The number of hydrogen-bond acceptors (Lipinski definition) is 4. The molecular formula is C13H21F3N4. The molecule has 0 aliphatic heterocycles. The Kier molecular flexibility index (Phi) is 5.59. The van der Waals surface area contributed by atoms with E-state index in [0.29, 0.717) is 18.9 Å². The summed E-state index contributed by atoms with van der Waals surface area (Å²) in [6.07, 6.45) is -3.64. The first kappa shape index (κ1) is 16.5. The van der Waals surface area contributed by atoms with Gasteiger partial charge in [-0.15, -0.1) is 0 Å². The monoisotopic (exact) mass is 290 g/mol. The van der Waals surface area contributed by atoms with Gasteiger partial charge in [-0.2, -0.15) is 18.2 Å². The summed E-state index contributed by atoms with van der Waals surface area (Å²) in [7, 11) is 0. The van der Waals surface area contributed by atoms with Gasteiger partial charge in [0.25, 0.3) is 0 Å². The van der Waals surface area contributed by atoms with E-state index in [-0.39, 0.29) is 12.0 Å². The van der Waals surface area contributed by atoms with Crippen molar-refractivity contribution in [3.8, 4) is 0 Å². The van der Waals surface area contributed by atoms with Gasteiger partial charge in [0.1, 0.15) is 5.82 Å². The molecule has 0 aromatic carbocycles. The van der Waals surface area contributed by atoms with Crippen LogP contribution in [0.3, 0.4) is 0 Å². The molecule has 0 atom stereocenters. The lowest BCUT2D eigenvalue weighted by atomic mass is 10.2. The van der Waals surface area contributed by atoms with Crippen molar-refractivity contribution in [3.05, 3.63) is 11.8 Å². The Morgan fingerprint density at radius 2 is 1.90 bits per heavy atom. The third kappa shape index (κ3) is 4.25. The molecule has 7 heteroatoms. The van der Waals surface area contributed by atoms with E-state index < -0.39 is 11.9 Å². The van der Waals surface area contributed by atoms with Crippen LogP contribution >= 0.6 is 0 Å². The van der Waals surface area contributed by atoms with Crippen molar-refractivity contribution in [2.24, 2.45) is 0 Å². The molecule has 0 aliphatic carbocycles. The second-order valence-electron chi connectivity index (χ2n) is 4.75. The van der Waals surface area contributed by atoms with Crippen LogP contribution in [0.4, 0.5) is 24.9 Å². The van der Waals surface area contributed by atoms with Crippen molar-refractivity contribution in [2.45, 2.75) is 46.3 Å². The maximum absolute atomic E-state index is 12.9. The second kappa shape index (κ2) is 6.76. The molecule has 114 valence electrons. The average Bonchev–Trinajstić information content (AvgIpc) is 2.34. The Bertz CT molecular complexity index is 432. The molecule has 0 radical (unpaired) electrons. The molecule has 0 amide bonds. The van der Waals surface area contributed by atoms with E-state index >= 15 is 0 Å². The van der Waals surface area contributed by atoms with Gasteiger partial charge < -0.3 is 10.2 Å². The number of nitrogens with one attached hydrogen (secondary N) is 1. The molecule has 0 bridgehead atoms. The van der Waals surface area contributed by atoms with Crippen LogP contribution in [0.25, 0.3) is 0 Å². The fourth-order valence-electron chi connectivity index (χ4n) is 1.84. The number of anilines is 2. The zero-order valence-corrected chi connectivity index (χ0v) is 12.3. The number of alkyl halides is 3. The van der Waals surface area contributed by atoms with Gasteiger partial charge in [-0.3, -0.25) is 0 Å². The summed E-state index contributed by atoms with van der Waals surface area (Å²) in [6, 6.07) is 1.08.